The van der Waals surface area contributed by atoms with Crippen LogP contribution >= 0.6 is 0 Å². The van der Waals surface area contributed by atoms with Gasteiger partial charge in [0.1, 0.15) is 0 Å². The Morgan fingerprint density at radius 2 is 0.500 bits per heavy atom. The molecule has 0 nitrogen and oxygen atoms in total. The minimum absolute atomic E-state index is 0. The molecule has 12 valence electrons. The Hall–Kier alpha value is 3.53. The molecule has 0 rings (SSSR count). The summed E-state index contributed by atoms with van der Waals surface area (Å²) in [4.78, 5) is 0. The maximum Gasteiger partial charge on any atom is 1.00 e. The van der Waals surface area contributed by atoms with E-state index in [1.807, 2.05) is 0 Å². The van der Waals surface area contributed by atoms with Crippen molar-refractivity contribution in [3.8, 4) is 0 Å². The van der Waals surface area contributed by atoms with Crippen LogP contribution in [0, 0.1) is 0 Å². The predicted octanol–water partition coefficient (Wildman–Crippen LogP) is -11.0. The van der Waals surface area contributed by atoms with Crippen LogP contribution in [0.25, 0.3) is 0 Å². The first kappa shape index (κ1) is 25.8. The quantitative estimate of drug-likeness (QED) is 0.266. The monoisotopic (exact) mass is 102 g/mol. The first-order valence-corrected chi connectivity index (χ1v) is 0. The molecule has 0 fully saturated rings. The molecule has 0 atom stereocenters. The minimum atomic E-state index is 0. The van der Waals surface area contributed by atoms with Crippen LogP contribution in [0.4, 0.5) is 0 Å². The average Bonchev–Trinajstić information content (AvgIpc) is 0. The second-order valence-corrected chi connectivity index (χ2v) is 0. The molecule has 0 aromatic heterocycles. The van der Waals surface area contributed by atoms with Gasteiger partial charge >= 0.3 is 106 Å². The van der Waals surface area contributed by atoms with Crippen molar-refractivity contribution in [3.05, 3.63) is 0 Å². The van der Waals surface area contributed by atoms with Crippen LogP contribution < -0.4 is 88.7 Å². The second kappa shape index (κ2) is 16.0. The van der Waals surface area contributed by atoms with E-state index >= 15 is 0 Å². The fourth-order valence-corrected chi connectivity index (χ4v) is 0. The van der Waals surface area contributed by atoms with Gasteiger partial charge in [-0.3, -0.25) is 0 Å². The van der Waals surface area contributed by atoms with Crippen molar-refractivity contribution in [1.82, 2.24) is 0 Å². The van der Waals surface area contributed by atoms with Crippen LogP contribution in [0.2, 0.25) is 0 Å². The Kier molecular flexibility index (Phi) is 103. The molecule has 0 amide bonds. The largest absolute Gasteiger partial charge is 1.00 e. The van der Waals surface area contributed by atoms with Gasteiger partial charge in [0, 0.05) is 0 Å². The van der Waals surface area contributed by atoms with Crippen LogP contribution in [-0.4, -0.2) is 17.4 Å². The predicted molar refractivity (Wildman–Crippen MR) is 14.1 cm³/mol. The van der Waals surface area contributed by atoms with Gasteiger partial charge in [-0.2, -0.15) is 0 Å². The van der Waals surface area contributed by atoms with Gasteiger partial charge in [0.2, 0.25) is 0 Å². The van der Waals surface area contributed by atoms with Crippen molar-refractivity contribution >= 4 is 17.4 Å². The van der Waals surface area contributed by atoms with Gasteiger partial charge in [-0.25, -0.2) is 0 Å². The second-order valence-electron chi connectivity index (χ2n) is 0. The van der Waals surface area contributed by atoms with Gasteiger partial charge < -0.3 is 0 Å². The Bertz CT molecular complexity index is 3.25. The van der Waals surface area contributed by atoms with Gasteiger partial charge in [0.05, 0.1) is 0 Å². The summed E-state index contributed by atoms with van der Waals surface area (Å²) in [7, 11) is 0. The van der Waals surface area contributed by atoms with E-state index in [-0.39, 0.29) is 106 Å². The normalized spacial score (nSPS) is 0. The zero-order valence-corrected chi connectivity index (χ0v) is 9.00. The molecular weight excluding hydrogens is 96.0 g/mol. The molecule has 4 heteroatoms. The smallest absolute Gasteiger partial charge is 1.00 e. The van der Waals surface area contributed by atoms with Crippen molar-refractivity contribution < 1.29 is 88.7 Å². The molecule has 0 heterocycles. The van der Waals surface area contributed by atoms with Crippen molar-refractivity contribution in [3.63, 3.8) is 0 Å². The van der Waals surface area contributed by atoms with Crippen molar-refractivity contribution in [2.24, 2.45) is 0 Å². The first-order chi connectivity index (χ1) is 0. The minimum Gasteiger partial charge on any atom is 1.00 e. The van der Waals surface area contributed by atoms with Gasteiger partial charge in [-0.15, -0.1) is 0 Å². The summed E-state index contributed by atoms with van der Waals surface area (Å²) in [6.07, 6.45) is 0. The van der Waals surface area contributed by atoms with Gasteiger partial charge in [0.25, 0.3) is 0 Å². The number of rotatable bonds is 0. The summed E-state index contributed by atoms with van der Waals surface area (Å²) in [6, 6.07) is 0. The molecule has 4 heavy (non-hydrogen) atoms. The van der Waals surface area contributed by atoms with E-state index < -0.39 is 0 Å². The van der Waals surface area contributed by atoms with E-state index in [0.717, 1.165) is 0 Å². The molecule has 0 aliphatic carbocycles. The average molecular weight is 102 g/mol. The molecule has 0 unspecified atom stereocenters. The summed E-state index contributed by atoms with van der Waals surface area (Å²) >= 11 is 0. The molecule has 0 aliphatic heterocycles. The third-order valence-corrected chi connectivity index (χ3v) is 0. The third-order valence-electron chi connectivity index (χ3n) is 0. The molecule has 0 saturated carbocycles. The Morgan fingerprint density at radius 3 is 0.500 bits per heavy atom. The molecule has 0 radical (unpaired) electrons. The number of hydrogen-bond acceptors (Lipinski definition) is 0. The van der Waals surface area contributed by atoms with Crippen LogP contribution in [-0.2, 0) is 0 Å². The molecular formula is H6AlNa3. The Morgan fingerprint density at radius 1 is 0.500 bits per heavy atom. The summed E-state index contributed by atoms with van der Waals surface area (Å²) in [5, 5.41) is 0. The third kappa shape index (κ3) is 9.11. The van der Waals surface area contributed by atoms with E-state index in [2.05, 4.69) is 0 Å². The molecule has 0 bridgehead atoms. The van der Waals surface area contributed by atoms with Gasteiger partial charge in [0.15, 0.2) is 0 Å². The fourth-order valence-electron chi connectivity index (χ4n) is 0. The first-order valence-electron chi connectivity index (χ1n) is 0. The van der Waals surface area contributed by atoms with Crippen molar-refractivity contribution in [2.75, 3.05) is 0 Å². The van der Waals surface area contributed by atoms with E-state index in [1.54, 1.807) is 0 Å². The zero-order valence-electron chi connectivity index (χ0n) is 3.00. The van der Waals surface area contributed by atoms with Crippen LogP contribution in [0.5, 0.6) is 0 Å². The SMILES string of the molecule is [AlH6-3].[Na+].[Na+].[Na+]. The maximum atomic E-state index is 0. The fraction of sp³-hybridized carbons (Fsp3) is 0. The standard InChI is InChI=1S/Al.3Na.6H/q-3;3*+1;;;;;;. The van der Waals surface area contributed by atoms with Crippen molar-refractivity contribution in [1.29, 1.82) is 0 Å². The molecule has 0 aliphatic rings. The van der Waals surface area contributed by atoms with Gasteiger partial charge in [-0.1, -0.05) is 0 Å². The van der Waals surface area contributed by atoms with E-state index in [9.17, 15) is 0 Å². The van der Waals surface area contributed by atoms with Crippen LogP contribution in [0.1, 0.15) is 0 Å². The molecule has 0 N–H and O–H groups in total. The Balaban J connectivity index is 0. The van der Waals surface area contributed by atoms with E-state index in [1.165, 1.54) is 0 Å². The maximum absolute atomic E-state index is 0. The summed E-state index contributed by atoms with van der Waals surface area (Å²) in [5.74, 6) is 0. The summed E-state index contributed by atoms with van der Waals surface area (Å²) in [5.41, 5.74) is 0. The summed E-state index contributed by atoms with van der Waals surface area (Å²) < 4.78 is 0. The summed E-state index contributed by atoms with van der Waals surface area (Å²) in [6.45, 7) is 0. The zero-order chi connectivity index (χ0) is 0. The molecule has 0 saturated heterocycles. The molecule has 0 spiro atoms. The topological polar surface area (TPSA) is 0 Å². The van der Waals surface area contributed by atoms with Crippen LogP contribution in [0.15, 0.2) is 0 Å². The van der Waals surface area contributed by atoms with Crippen LogP contribution in [0.3, 0.4) is 0 Å². The van der Waals surface area contributed by atoms with Crippen molar-refractivity contribution in [2.45, 2.75) is 0 Å². The molecule has 0 aromatic carbocycles. The van der Waals surface area contributed by atoms with E-state index in [0.29, 0.717) is 0 Å². The van der Waals surface area contributed by atoms with Gasteiger partial charge in [-0.05, 0) is 0 Å². The van der Waals surface area contributed by atoms with E-state index in [4.69, 9.17) is 0 Å². The Labute approximate surface area is 103 Å². The number of hydrogen-bond donors (Lipinski definition) is 0. The molecule has 0 aromatic rings.